The van der Waals surface area contributed by atoms with Crippen molar-refractivity contribution in [2.75, 3.05) is 6.54 Å². The largest absolute Gasteiger partial charge is 0.331 e. The Kier molecular flexibility index (Phi) is 4.33. The second-order valence-electron chi connectivity index (χ2n) is 6.89. The van der Waals surface area contributed by atoms with Crippen molar-refractivity contribution >= 4 is 5.91 Å². The van der Waals surface area contributed by atoms with E-state index in [-0.39, 0.29) is 11.9 Å². The second-order valence-corrected chi connectivity index (χ2v) is 6.89. The number of likely N-dealkylation sites (tertiary alicyclic amines) is 1. The first-order valence-corrected chi connectivity index (χ1v) is 9.13. The first-order chi connectivity index (χ1) is 12.7. The number of carbonyl (C=O) groups excluding carboxylic acids is 1. The molecule has 1 aliphatic heterocycles. The van der Waals surface area contributed by atoms with Crippen LogP contribution >= 0.6 is 0 Å². The number of hydrogen-bond acceptors (Lipinski definition) is 2. The van der Waals surface area contributed by atoms with Crippen LogP contribution in [0.3, 0.4) is 0 Å². The molecule has 1 unspecified atom stereocenters. The maximum absolute atomic E-state index is 13.1. The normalized spacial score (nSPS) is 16.8. The van der Waals surface area contributed by atoms with Gasteiger partial charge in [-0.25, -0.2) is 4.98 Å². The molecule has 1 aliphatic rings. The van der Waals surface area contributed by atoms with Crippen LogP contribution in [0.4, 0.5) is 0 Å². The van der Waals surface area contributed by atoms with Gasteiger partial charge in [0.05, 0.1) is 6.04 Å². The molecule has 132 valence electrons. The van der Waals surface area contributed by atoms with Crippen molar-refractivity contribution in [1.29, 1.82) is 0 Å². The summed E-state index contributed by atoms with van der Waals surface area (Å²) in [6.07, 6.45) is 3.81. The maximum Gasteiger partial charge on any atom is 0.254 e. The fraction of sp³-hybridized carbons (Fsp3) is 0.273. The molecule has 0 bridgehead atoms. The molecule has 1 atom stereocenters. The van der Waals surface area contributed by atoms with Gasteiger partial charge in [0.1, 0.15) is 5.82 Å². The average molecular weight is 345 g/mol. The fourth-order valence-corrected chi connectivity index (χ4v) is 3.94. The first kappa shape index (κ1) is 16.6. The van der Waals surface area contributed by atoms with E-state index in [0.717, 1.165) is 47.7 Å². The number of aryl methyl sites for hydroxylation is 2. The molecule has 4 heteroatoms. The van der Waals surface area contributed by atoms with Crippen LogP contribution in [0.1, 0.15) is 46.2 Å². The summed E-state index contributed by atoms with van der Waals surface area (Å²) in [6.45, 7) is 4.97. The highest BCUT2D eigenvalue weighted by molar-refractivity contribution is 5.94. The van der Waals surface area contributed by atoms with Gasteiger partial charge in [0.25, 0.3) is 5.91 Å². The molecule has 0 N–H and O–H groups in total. The predicted octanol–water partition coefficient (Wildman–Crippen LogP) is 4.47. The van der Waals surface area contributed by atoms with Crippen LogP contribution in [0, 0.1) is 13.8 Å². The van der Waals surface area contributed by atoms with E-state index in [1.165, 1.54) is 0 Å². The van der Waals surface area contributed by atoms with Crippen molar-refractivity contribution in [3.05, 3.63) is 83.3 Å². The third-order valence-corrected chi connectivity index (χ3v) is 5.19. The highest BCUT2D eigenvalue weighted by Crippen LogP contribution is 2.36. The summed E-state index contributed by atoms with van der Waals surface area (Å²) in [5, 5.41) is 0. The van der Waals surface area contributed by atoms with Gasteiger partial charge in [0.2, 0.25) is 0 Å². The molecular weight excluding hydrogens is 322 g/mol. The highest BCUT2D eigenvalue weighted by Gasteiger charge is 2.32. The number of hydrogen-bond donors (Lipinski definition) is 0. The molecule has 1 saturated heterocycles. The van der Waals surface area contributed by atoms with Gasteiger partial charge in [-0.3, -0.25) is 4.79 Å². The van der Waals surface area contributed by atoms with Gasteiger partial charge in [0, 0.05) is 35.3 Å². The Morgan fingerprint density at radius 2 is 1.73 bits per heavy atom. The van der Waals surface area contributed by atoms with Crippen LogP contribution in [-0.2, 0) is 0 Å². The Labute approximate surface area is 154 Å². The molecular formula is C22H23N3O. The van der Waals surface area contributed by atoms with Crippen molar-refractivity contribution < 1.29 is 4.79 Å². The number of benzene rings is 1. The highest BCUT2D eigenvalue weighted by atomic mass is 16.2. The lowest BCUT2D eigenvalue weighted by atomic mass is 10.0. The number of rotatable bonds is 3. The van der Waals surface area contributed by atoms with Gasteiger partial charge < -0.3 is 9.47 Å². The van der Waals surface area contributed by atoms with Gasteiger partial charge in [-0.05, 0) is 57.0 Å². The van der Waals surface area contributed by atoms with Gasteiger partial charge in [-0.1, -0.05) is 24.3 Å². The van der Waals surface area contributed by atoms with Gasteiger partial charge in [-0.15, -0.1) is 0 Å². The zero-order valence-corrected chi connectivity index (χ0v) is 15.2. The number of nitrogens with zero attached hydrogens (tertiary/aromatic N) is 3. The quantitative estimate of drug-likeness (QED) is 0.702. The summed E-state index contributed by atoms with van der Waals surface area (Å²) in [5.41, 5.74) is 4.18. The molecule has 0 saturated carbocycles. The lowest BCUT2D eigenvalue weighted by molar-refractivity contribution is 0.0735. The summed E-state index contributed by atoms with van der Waals surface area (Å²) in [5.74, 6) is 1.04. The minimum Gasteiger partial charge on any atom is -0.331 e. The van der Waals surface area contributed by atoms with E-state index in [9.17, 15) is 4.79 Å². The van der Waals surface area contributed by atoms with Crippen molar-refractivity contribution in [1.82, 2.24) is 14.5 Å². The Balaban J connectivity index is 1.75. The van der Waals surface area contributed by atoms with Crippen LogP contribution in [0.25, 0.3) is 5.82 Å². The molecule has 1 fully saturated rings. The van der Waals surface area contributed by atoms with E-state index in [1.807, 2.05) is 47.5 Å². The number of pyridine rings is 1. The number of amides is 1. The van der Waals surface area contributed by atoms with Crippen LogP contribution in [0.15, 0.2) is 60.8 Å². The van der Waals surface area contributed by atoms with Crippen LogP contribution in [0.5, 0.6) is 0 Å². The Morgan fingerprint density at radius 1 is 1.00 bits per heavy atom. The standard InChI is InChI=1S/C22H23N3O/c1-16-12-13-17(2)25(16)21-19(10-6-14-23-21)20-11-7-15-24(20)22(26)18-8-4-3-5-9-18/h3-6,8-10,12-14,20H,7,11,15H2,1-2H3. The predicted molar refractivity (Wildman–Crippen MR) is 102 cm³/mol. The number of aromatic nitrogens is 2. The molecule has 3 heterocycles. The first-order valence-electron chi connectivity index (χ1n) is 9.13. The topological polar surface area (TPSA) is 38.1 Å². The third kappa shape index (κ3) is 2.81. The minimum atomic E-state index is 0.0626. The van der Waals surface area contributed by atoms with E-state index in [2.05, 4.69) is 41.6 Å². The van der Waals surface area contributed by atoms with Crippen molar-refractivity contribution in [3.8, 4) is 5.82 Å². The monoisotopic (exact) mass is 345 g/mol. The molecule has 26 heavy (non-hydrogen) atoms. The van der Waals surface area contributed by atoms with E-state index < -0.39 is 0 Å². The van der Waals surface area contributed by atoms with Gasteiger partial charge >= 0.3 is 0 Å². The Hall–Kier alpha value is -2.88. The second kappa shape index (κ2) is 6.79. The van der Waals surface area contributed by atoms with Crippen LogP contribution < -0.4 is 0 Å². The summed E-state index contributed by atoms with van der Waals surface area (Å²) >= 11 is 0. The summed E-state index contributed by atoms with van der Waals surface area (Å²) in [6, 6.07) is 17.9. The molecule has 1 aromatic carbocycles. The lowest BCUT2D eigenvalue weighted by Crippen LogP contribution is -2.31. The summed E-state index contributed by atoms with van der Waals surface area (Å²) in [4.78, 5) is 19.7. The smallest absolute Gasteiger partial charge is 0.254 e. The van der Waals surface area contributed by atoms with Crippen LogP contribution in [-0.4, -0.2) is 26.9 Å². The minimum absolute atomic E-state index is 0.0626. The molecule has 3 aromatic rings. The van der Waals surface area contributed by atoms with E-state index >= 15 is 0 Å². The molecule has 0 radical (unpaired) electrons. The van der Waals surface area contributed by atoms with Crippen LogP contribution in [0.2, 0.25) is 0 Å². The molecule has 2 aromatic heterocycles. The zero-order valence-electron chi connectivity index (χ0n) is 15.2. The van der Waals surface area contributed by atoms with Gasteiger partial charge in [0.15, 0.2) is 0 Å². The molecule has 0 aliphatic carbocycles. The van der Waals surface area contributed by atoms with Crippen molar-refractivity contribution in [3.63, 3.8) is 0 Å². The molecule has 1 amide bonds. The Morgan fingerprint density at radius 3 is 2.46 bits per heavy atom. The third-order valence-electron chi connectivity index (χ3n) is 5.19. The lowest BCUT2D eigenvalue weighted by Gasteiger charge is -2.27. The molecule has 0 spiro atoms. The maximum atomic E-state index is 13.1. The molecule has 4 nitrogen and oxygen atoms in total. The molecule has 4 rings (SSSR count). The fourth-order valence-electron chi connectivity index (χ4n) is 3.94. The SMILES string of the molecule is Cc1ccc(C)n1-c1ncccc1C1CCCN1C(=O)c1ccccc1. The zero-order chi connectivity index (χ0) is 18.1. The van der Waals surface area contributed by atoms with E-state index in [4.69, 9.17) is 0 Å². The summed E-state index contributed by atoms with van der Waals surface area (Å²) in [7, 11) is 0. The van der Waals surface area contributed by atoms with E-state index in [0.29, 0.717) is 0 Å². The average Bonchev–Trinajstić information content (AvgIpc) is 3.28. The van der Waals surface area contributed by atoms with E-state index in [1.54, 1.807) is 0 Å². The Bertz CT molecular complexity index is 910. The van der Waals surface area contributed by atoms with Crippen molar-refractivity contribution in [2.24, 2.45) is 0 Å². The van der Waals surface area contributed by atoms with Crippen molar-refractivity contribution in [2.45, 2.75) is 32.7 Å². The van der Waals surface area contributed by atoms with Gasteiger partial charge in [-0.2, -0.15) is 0 Å². The number of carbonyl (C=O) groups is 1. The summed E-state index contributed by atoms with van der Waals surface area (Å²) < 4.78 is 2.18.